The van der Waals surface area contributed by atoms with Crippen LogP contribution in [0.3, 0.4) is 0 Å². The van der Waals surface area contributed by atoms with Crippen molar-refractivity contribution in [3.05, 3.63) is 29.3 Å². The van der Waals surface area contributed by atoms with Gasteiger partial charge in [-0.05, 0) is 29.4 Å². The van der Waals surface area contributed by atoms with E-state index in [9.17, 15) is 5.11 Å². The molecule has 0 aromatic heterocycles. The van der Waals surface area contributed by atoms with Crippen LogP contribution in [0.15, 0.2) is 18.2 Å². The molecular formula is C14H20O. The molecule has 0 heterocycles. The summed E-state index contributed by atoms with van der Waals surface area (Å²) >= 11 is 0. The molecule has 1 aromatic rings. The van der Waals surface area contributed by atoms with E-state index in [1.165, 1.54) is 19.3 Å². The second kappa shape index (κ2) is 4.26. The molecule has 15 heavy (non-hydrogen) atoms. The maximum atomic E-state index is 10.1. The molecule has 1 aromatic carbocycles. The highest BCUT2D eigenvalue weighted by Gasteiger charge is 2.20. The Hall–Kier alpha value is -0.980. The zero-order chi connectivity index (χ0) is 10.8. The second-order valence-corrected chi connectivity index (χ2v) is 5.01. The summed E-state index contributed by atoms with van der Waals surface area (Å²) in [5, 5.41) is 10.1. The van der Waals surface area contributed by atoms with Gasteiger partial charge < -0.3 is 5.11 Å². The number of phenolic OH excluding ortho intramolecular Hbond substituents is 1. The Morgan fingerprint density at radius 3 is 2.60 bits per heavy atom. The van der Waals surface area contributed by atoms with Gasteiger partial charge in [0, 0.05) is 0 Å². The molecule has 1 fully saturated rings. The van der Waals surface area contributed by atoms with E-state index >= 15 is 0 Å². The summed E-state index contributed by atoms with van der Waals surface area (Å²) in [7, 11) is 0. The highest BCUT2D eigenvalue weighted by atomic mass is 16.3. The van der Waals surface area contributed by atoms with Gasteiger partial charge in [-0.1, -0.05) is 51.3 Å². The molecule has 0 aliphatic heterocycles. The topological polar surface area (TPSA) is 20.2 Å². The lowest BCUT2D eigenvalue weighted by Crippen LogP contribution is -2.13. The summed E-state index contributed by atoms with van der Waals surface area (Å²) < 4.78 is 0. The van der Waals surface area contributed by atoms with Crippen molar-refractivity contribution in [2.75, 3.05) is 0 Å². The number of hydrogen-bond acceptors (Lipinski definition) is 1. The lowest BCUT2D eigenvalue weighted by atomic mass is 9.80. The summed E-state index contributed by atoms with van der Waals surface area (Å²) in [6, 6.07) is 6.17. The standard InChI is InChI=1S/C14H20O/c1-10(2)13-8-4-7-12(14(13)15)9-11-5-3-6-11/h4,7-8,10-11,15H,3,5-6,9H2,1-2H3. The van der Waals surface area contributed by atoms with Crippen molar-refractivity contribution >= 4 is 0 Å². The quantitative estimate of drug-likeness (QED) is 0.792. The minimum Gasteiger partial charge on any atom is -0.507 e. The third kappa shape index (κ3) is 2.17. The van der Waals surface area contributed by atoms with Gasteiger partial charge in [-0.2, -0.15) is 0 Å². The first-order chi connectivity index (χ1) is 7.18. The fourth-order valence-corrected chi connectivity index (χ4v) is 2.25. The van der Waals surface area contributed by atoms with Gasteiger partial charge in [0.15, 0.2) is 0 Å². The van der Waals surface area contributed by atoms with Crippen molar-refractivity contribution in [3.8, 4) is 5.75 Å². The molecule has 0 atom stereocenters. The zero-order valence-corrected chi connectivity index (χ0v) is 9.66. The van der Waals surface area contributed by atoms with Crippen molar-refractivity contribution in [2.45, 2.75) is 45.4 Å². The maximum Gasteiger partial charge on any atom is 0.122 e. The van der Waals surface area contributed by atoms with E-state index in [0.29, 0.717) is 11.7 Å². The third-order valence-corrected chi connectivity index (χ3v) is 3.51. The predicted octanol–water partition coefficient (Wildman–Crippen LogP) is 3.86. The van der Waals surface area contributed by atoms with Crippen LogP contribution >= 0.6 is 0 Å². The van der Waals surface area contributed by atoms with Gasteiger partial charge >= 0.3 is 0 Å². The summed E-state index contributed by atoms with van der Waals surface area (Å²) in [4.78, 5) is 0. The molecule has 0 spiro atoms. The van der Waals surface area contributed by atoms with Gasteiger partial charge in [-0.15, -0.1) is 0 Å². The Morgan fingerprint density at radius 1 is 1.33 bits per heavy atom. The van der Waals surface area contributed by atoms with Gasteiger partial charge in [0.05, 0.1) is 0 Å². The molecular weight excluding hydrogens is 184 g/mol. The molecule has 2 rings (SSSR count). The van der Waals surface area contributed by atoms with Crippen LogP contribution in [0.2, 0.25) is 0 Å². The van der Waals surface area contributed by atoms with Gasteiger partial charge in [0.1, 0.15) is 5.75 Å². The average molecular weight is 204 g/mol. The fourth-order valence-electron chi connectivity index (χ4n) is 2.25. The number of rotatable bonds is 3. The molecule has 0 bridgehead atoms. The molecule has 0 amide bonds. The number of benzene rings is 1. The summed E-state index contributed by atoms with van der Waals surface area (Å²) in [5.74, 6) is 1.77. The van der Waals surface area contributed by atoms with Crippen molar-refractivity contribution < 1.29 is 5.11 Å². The molecule has 0 saturated heterocycles. The molecule has 1 N–H and O–H groups in total. The van der Waals surface area contributed by atoms with Crippen LogP contribution in [0, 0.1) is 5.92 Å². The van der Waals surface area contributed by atoms with Crippen LogP contribution < -0.4 is 0 Å². The van der Waals surface area contributed by atoms with Crippen molar-refractivity contribution in [3.63, 3.8) is 0 Å². The average Bonchev–Trinajstić information content (AvgIpc) is 2.13. The molecule has 1 nitrogen and oxygen atoms in total. The molecule has 82 valence electrons. The maximum absolute atomic E-state index is 10.1. The summed E-state index contributed by atoms with van der Waals surface area (Å²) in [5.41, 5.74) is 2.23. The molecule has 1 aliphatic carbocycles. The molecule has 0 radical (unpaired) electrons. The molecule has 1 aliphatic rings. The first-order valence-electron chi connectivity index (χ1n) is 5.99. The minimum atomic E-state index is 0.409. The van der Waals surface area contributed by atoms with E-state index in [-0.39, 0.29) is 0 Å². The van der Waals surface area contributed by atoms with Crippen LogP contribution in [-0.2, 0) is 6.42 Å². The monoisotopic (exact) mass is 204 g/mol. The molecule has 1 heteroatoms. The second-order valence-electron chi connectivity index (χ2n) is 5.01. The smallest absolute Gasteiger partial charge is 0.122 e. The van der Waals surface area contributed by atoms with Gasteiger partial charge in [0.2, 0.25) is 0 Å². The van der Waals surface area contributed by atoms with Crippen molar-refractivity contribution in [1.29, 1.82) is 0 Å². The van der Waals surface area contributed by atoms with Crippen LogP contribution in [0.4, 0.5) is 0 Å². The van der Waals surface area contributed by atoms with Crippen LogP contribution in [0.5, 0.6) is 5.75 Å². The lowest BCUT2D eigenvalue weighted by Gasteiger charge is -2.26. The van der Waals surface area contributed by atoms with Crippen molar-refractivity contribution in [1.82, 2.24) is 0 Å². The normalized spacial score (nSPS) is 16.7. The van der Waals surface area contributed by atoms with E-state index in [4.69, 9.17) is 0 Å². The Bertz CT molecular complexity index is 337. The first kappa shape index (κ1) is 10.5. The zero-order valence-electron chi connectivity index (χ0n) is 9.66. The number of aromatic hydroxyl groups is 1. The predicted molar refractivity (Wildman–Crippen MR) is 63.2 cm³/mol. The van der Waals surface area contributed by atoms with Gasteiger partial charge in [-0.3, -0.25) is 0 Å². The third-order valence-electron chi connectivity index (χ3n) is 3.51. The number of para-hydroxylation sites is 1. The number of hydrogen-bond donors (Lipinski definition) is 1. The van der Waals surface area contributed by atoms with Crippen LogP contribution in [-0.4, -0.2) is 5.11 Å². The Labute approximate surface area is 92.1 Å². The van der Waals surface area contributed by atoms with Crippen LogP contribution in [0.1, 0.15) is 50.2 Å². The summed E-state index contributed by atoms with van der Waals surface area (Å²) in [6.07, 6.45) is 5.11. The number of phenols is 1. The van der Waals surface area contributed by atoms with Crippen LogP contribution in [0.25, 0.3) is 0 Å². The SMILES string of the molecule is CC(C)c1cccc(CC2CCC2)c1O. The van der Waals surface area contributed by atoms with E-state index in [2.05, 4.69) is 26.0 Å². The Morgan fingerprint density at radius 2 is 2.07 bits per heavy atom. The lowest BCUT2D eigenvalue weighted by molar-refractivity contribution is 0.310. The molecule has 0 unspecified atom stereocenters. The van der Waals surface area contributed by atoms with E-state index in [1.54, 1.807) is 0 Å². The molecule has 1 saturated carbocycles. The highest BCUT2D eigenvalue weighted by molar-refractivity contribution is 5.42. The van der Waals surface area contributed by atoms with Gasteiger partial charge in [0.25, 0.3) is 0 Å². The van der Waals surface area contributed by atoms with E-state index in [0.717, 1.165) is 23.5 Å². The van der Waals surface area contributed by atoms with Crippen molar-refractivity contribution in [2.24, 2.45) is 5.92 Å². The Kier molecular flexibility index (Phi) is 2.99. The Balaban J connectivity index is 2.19. The highest BCUT2D eigenvalue weighted by Crippen LogP contribution is 2.35. The largest absolute Gasteiger partial charge is 0.507 e. The minimum absolute atomic E-state index is 0.409. The van der Waals surface area contributed by atoms with E-state index in [1.807, 2.05) is 6.07 Å². The van der Waals surface area contributed by atoms with Gasteiger partial charge in [-0.25, -0.2) is 0 Å². The first-order valence-corrected chi connectivity index (χ1v) is 5.99. The fraction of sp³-hybridized carbons (Fsp3) is 0.571. The summed E-state index contributed by atoms with van der Waals surface area (Å²) in [6.45, 7) is 4.25. The van der Waals surface area contributed by atoms with E-state index < -0.39 is 0 Å².